The smallest absolute Gasteiger partial charge is 0.224 e. The van der Waals surface area contributed by atoms with E-state index in [1.54, 1.807) is 6.33 Å². The zero-order valence-electron chi connectivity index (χ0n) is 15.9. The van der Waals surface area contributed by atoms with E-state index in [4.69, 9.17) is 4.74 Å². The molecule has 142 valence electrons. The fraction of sp³-hybridized carbons (Fsp3) is 0.571. The van der Waals surface area contributed by atoms with E-state index in [0.717, 1.165) is 43.8 Å². The third-order valence-corrected chi connectivity index (χ3v) is 6.56. The summed E-state index contributed by atoms with van der Waals surface area (Å²) < 4.78 is 7.80. The molecule has 1 aromatic carbocycles. The molecule has 6 heteroatoms. The van der Waals surface area contributed by atoms with Gasteiger partial charge in [0.1, 0.15) is 17.9 Å². The molecule has 1 amide bonds. The Hall–Kier alpha value is -2.37. The third-order valence-electron chi connectivity index (χ3n) is 6.56. The van der Waals surface area contributed by atoms with Crippen molar-refractivity contribution in [2.75, 3.05) is 6.61 Å². The van der Waals surface area contributed by atoms with Gasteiger partial charge in [-0.05, 0) is 36.8 Å². The topological polar surface area (TPSA) is 69.0 Å². The third kappa shape index (κ3) is 2.73. The van der Waals surface area contributed by atoms with Gasteiger partial charge >= 0.3 is 0 Å². The first-order valence-electron chi connectivity index (χ1n) is 10.0. The van der Waals surface area contributed by atoms with Crippen molar-refractivity contribution in [1.82, 2.24) is 20.1 Å². The van der Waals surface area contributed by atoms with Gasteiger partial charge in [-0.3, -0.25) is 4.79 Å². The van der Waals surface area contributed by atoms with Crippen LogP contribution in [0.2, 0.25) is 0 Å². The summed E-state index contributed by atoms with van der Waals surface area (Å²) in [6.07, 6.45) is 5.26. The standard InChI is InChI=1S/C21H26N4O2/c1-13(2)14-3-5-18-16(9-14)21(7-8-27-18)10-17(21)20(26)24-15-4-6-19-22-12-23-25(19)11-15/h3,5,9,12-13,15,17H,4,6-8,10-11H2,1-2H3,(H,24,26)/t15?,17-,21-/m0/s1. The van der Waals surface area contributed by atoms with Crippen LogP contribution in [0.3, 0.4) is 0 Å². The SMILES string of the molecule is CC(C)c1ccc2c(c1)[C@]1(CCO2)C[C@H]1C(=O)NC1CCc2ncnn2C1. The fourth-order valence-electron chi connectivity index (χ4n) is 4.78. The second kappa shape index (κ2) is 6.08. The van der Waals surface area contributed by atoms with Crippen molar-refractivity contribution in [3.63, 3.8) is 0 Å². The van der Waals surface area contributed by atoms with Gasteiger partial charge in [0, 0.05) is 29.4 Å². The molecule has 0 bridgehead atoms. The van der Waals surface area contributed by atoms with E-state index >= 15 is 0 Å². The van der Waals surface area contributed by atoms with Crippen molar-refractivity contribution < 1.29 is 9.53 Å². The van der Waals surface area contributed by atoms with Crippen LogP contribution in [0.5, 0.6) is 5.75 Å². The van der Waals surface area contributed by atoms with Crippen LogP contribution in [-0.2, 0) is 23.2 Å². The number of ether oxygens (including phenoxy) is 1. The Morgan fingerprint density at radius 3 is 3.15 bits per heavy atom. The Morgan fingerprint density at radius 1 is 1.41 bits per heavy atom. The van der Waals surface area contributed by atoms with Gasteiger partial charge in [0.15, 0.2) is 0 Å². The monoisotopic (exact) mass is 366 g/mol. The van der Waals surface area contributed by atoms with Crippen molar-refractivity contribution >= 4 is 5.91 Å². The molecule has 3 heterocycles. The van der Waals surface area contributed by atoms with Gasteiger partial charge < -0.3 is 10.1 Å². The Bertz CT molecular complexity index is 890. The first-order valence-corrected chi connectivity index (χ1v) is 10.0. The maximum Gasteiger partial charge on any atom is 0.224 e. The number of nitrogens with one attached hydrogen (secondary N) is 1. The number of hydrogen-bond donors (Lipinski definition) is 1. The summed E-state index contributed by atoms with van der Waals surface area (Å²) in [5.74, 6) is 2.69. The number of carbonyl (C=O) groups excluding carboxylic acids is 1. The average molecular weight is 366 g/mol. The molecule has 2 aromatic rings. The van der Waals surface area contributed by atoms with Crippen molar-refractivity contribution in [2.24, 2.45) is 5.92 Å². The normalized spacial score (nSPS) is 28.4. The molecule has 1 unspecified atom stereocenters. The molecule has 27 heavy (non-hydrogen) atoms. The van der Waals surface area contributed by atoms with Gasteiger partial charge in [-0.1, -0.05) is 26.0 Å². The lowest BCUT2D eigenvalue weighted by Crippen LogP contribution is -2.43. The molecular formula is C21H26N4O2. The molecule has 1 fully saturated rings. The summed E-state index contributed by atoms with van der Waals surface area (Å²) in [6, 6.07) is 6.66. The highest BCUT2D eigenvalue weighted by atomic mass is 16.5. The number of benzene rings is 1. The van der Waals surface area contributed by atoms with Crippen LogP contribution in [0, 0.1) is 5.92 Å². The number of aryl methyl sites for hydroxylation is 1. The number of hydrogen-bond acceptors (Lipinski definition) is 4. The molecule has 1 saturated carbocycles. The maximum atomic E-state index is 13.0. The highest BCUT2D eigenvalue weighted by Crippen LogP contribution is 2.61. The van der Waals surface area contributed by atoms with Crippen molar-refractivity contribution in [2.45, 2.75) is 63.5 Å². The lowest BCUT2D eigenvalue weighted by atomic mass is 9.85. The van der Waals surface area contributed by atoms with Crippen LogP contribution in [0.4, 0.5) is 0 Å². The molecule has 1 aromatic heterocycles. The quantitative estimate of drug-likeness (QED) is 0.906. The lowest BCUT2D eigenvalue weighted by Gasteiger charge is -2.29. The molecule has 1 N–H and O–H groups in total. The van der Waals surface area contributed by atoms with E-state index in [1.165, 1.54) is 11.1 Å². The first-order chi connectivity index (χ1) is 13.1. The number of amides is 1. The molecule has 2 aliphatic heterocycles. The molecule has 0 radical (unpaired) electrons. The van der Waals surface area contributed by atoms with Crippen LogP contribution >= 0.6 is 0 Å². The van der Waals surface area contributed by atoms with E-state index in [-0.39, 0.29) is 23.3 Å². The van der Waals surface area contributed by atoms with Gasteiger partial charge in [0.05, 0.1) is 13.2 Å². The van der Waals surface area contributed by atoms with Gasteiger partial charge in [-0.2, -0.15) is 5.10 Å². The van der Waals surface area contributed by atoms with Crippen LogP contribution in [0.25, 0.3) is 0 Å². The summed E-state index contributed by atoms with van der Waals surface area (Å²) >= 11 is 0. The predicted molar refractivity (Wildman–Crippen MR) is 101 cm³/mol. The van der Waals surface area contributed by atoms with Crippen molar-refractivity contribution in [1.29, 1.82) is 0 Å². The predicted octanol–water partition coefficient (Wildman–Crippen LogP) is 2.57. The zero-order chi connectivity index (χ0) is 18.6. The summed E-state index contributed by atoms with van der Waals surface area (Å²) in [6.45, 7) is 5.83. The number of aromatic nitrogens is 3. The summed E-state index contributed by atoms with van der Waals surface area (Å²) in [5, 5.41) is 7.53. The molecular weight excluding hydrogens is 340 g/mol. The Balaban J connectivity index is 1.33. The summed E-state index contributed by atoms with van der Waals surface area (Å²) in [7, 11) is 0. The number of fused-ring (bicyclic) bond motifs is 3. The van der Waals surface area contributed by atoms with E-state index in [2.05, 4.69) is 47.4 Å². The van der Waals surface area contributed by atoms with E-state index in [1.807, 2.05) is 4.68 Å². The minimum atomic E-state index is -0.0321. The summed E-state index contributed by atoms with van der Waals surface area (Å²) in [4.78, 5) is 17.3. The van der Waals surface area contributed by atoms with E-state index in [0.29, 0.717) is 12.5 Å². The van der Waals surface area contributed by atoms with Crippen LogP contribution < -0.4 is 10.1 Å². The van der Waals surface area contributed by atoms with Gasteiger partial charge in [0.25, 0.3) is 0 Å². The lowest BCUT2D eigenvalue weighted by molar-refractivity contribution is -0.123. The molecule has 3 aliphatic rings. The Labute approximate surface area is 159 Å². The Kier molecular flexibility index (Phi) is 3.78. The highest BCUT2D eigenvalue weighted by Gasteiger charge is 2.61. The molecule has 0 saturated heterocycles. The molecule has 5 rings (SSSR count). The van der Waals surface area contributed by atoms with Gasteiger partial charge in [-0.25, -0.2) is 9.67 Å². The largest absolute Gasteiger partial charge is 0.493 e. The zero-order valence-corrected chi connectivity index (χ0v) is 15.9. The minimum absolute atomic E-state index is 0.0321. The highest BCUT2D eigenvalue weighted by molar-refractivity contribution is 5.85. The van der Waals surface area contributed by atoms with Crippen LogP contribution in [0.1, 0.15) is 56.0 Å². The number of nitrogens with zero attached hydrogens (tertiary/aromatic N) is 3. The fourth-order valence-corrected chi connectivity index (χ4v) is 4.78. The van der Waals surface area contributed by atoms with E-state index in [9.17, 15) is 4.79 Å². The average Bonchev–Trinajstić information content (AvgIpc) is 3.18. The first kappa shape index (κ1) is 16.8. The Morgan fingerprint density at radius 2 is 2.30 bits per heavy atom. The van der Waals surface area contributed by atoms with E-state index < -0.39 is 0 Å². The molecule has 1 aliphatic carbocycles. The van der Waals surface area contributed by atoms with Crippen LogP contribution in [-0.4, -0.2) is 33.3 Å². The molecule has 3 atom stereocenters. The number of carbonyl (C=O) groups is 1. The number of rotatable bonds is 3. The summed E-state index contributed by atoms with van der Waals surface area (Å²) in [5.41, 5.74) is 2.52. The van der Waals surface area contributed by atoms with Crippen LogP contribution in [0.15, 0.2) is 24.5 Å². The van der Waals surface area contributed by atoms with Gasteiger partial charge in [0.2, 0.25) is 5.91 Å². The second-order valence-corrected chi connectivity index (χ2v) is 8.52. The van der Waals surface area contributed by atoms with Crippen molar-refractivity contribution in [3.05, 3.63) is 41.5 Å². The van der Waals surface area contributed by atoms with Gasteiger partial charge in [-0.15, -0.1) is 0 Å². The minimum Gasteiger partial charge on any atom is -0.493 e. The molecule has 1 spiro atoms. The second-order valence-electron chi connectivity index (χ2n) is 8.52. The molecule has 6 nitrogen and oxygen atoms in total. The maximum absolute atomic E-state index is 13.0. The van der Waals surface area contributed by atoms with Crippen molar-refractivity contribution in [3.8, 4) is 5.75 Å².